The molecule has 0 aliphatic heterocycles. The summed E-state index contributed by atoms with van der Waals surface area (Å²) in [5, 5.41) is 10.2. The molecule has 300 valence electrons. The molecule has 0 aliphatic rings. The second-order valence-corrected chi connectivity index (χ2v) is 16.1. The number of benzene rings is 10. The van der Waals surface area contributed by atoms with Gasteiger partial charge in [-0.25, -0.2) is 0 Å². The molecule has 0 spiro atoms. The Morgan fingerprint density at radius 3 is 0.823 bits per heavy atom. The minimum atomic E-state index is -0.654. The van der Waals surface area contributed by atoms with E-state index in [9.17, 15) is 9.59 Å². The zero-order chi connectivity index (χ0) is 42.2. The fourth-order valence-electron chi connectivity index (χ4n) is 9.30. The number of ether oxygens (including phenoxy) is 2. The number of fused-ring (bicyclic) bond motifs is 5. The normalized spacial score (nSPS) is 12.6. The molecule has 4 nitrogen and oxygen atoms in total. The lowest BCUT2D eigenvalue weighted by Crippen LogP contribution is -2.20. The molecule has 62 heavy (non-hydrogen) atoms. The molecule has 0 fully saturated rings. The maximum atomic E-state index is 14.6. The van der Waals surface area contributed by atoms with Gasteiger partial charge in [0.05, 0.1) is 11.8 Å². The minimum Gasteiger partial charge on any atom is -0.452 e. The highest BCUT2D eigenvalue weighted by atomic mass is 16.5. The second kappa shape index (κ2) is 16.5. The predicted octanol–water partition coefficient (Wildman–Crippen LogP) is 14.3. The lowest BCUT2D eigenvalue weighted by molar-refractivity contribution is -0.149. The Hall–Kier alpha value is -7.56. The van der Waals surface area contributed by atoms with E-state index in [2.05, 4.69) is 97.1 Å². The van der Waals surface area contributed by atoms with Gasteiger partial charge in [-0.05, 0) is 78.8 Å². The standard InChI is InChI=1S/C58H44O4/c1-37(57(59)61-55(51-31-13-21-39-17-3-7-25-45(39)51)52-32-14-22-40-18-4-8-26-46(40)52)43-35-36-44(50-30-12-11-29-49(43)50)38(2)58(60)62-56(53-33-15-23-41-19-5-9-27-47(41)53)54-34-16-24-42-20-6-10-28-48(42)54/h3-38,55-56H,1-2H3/t37-,38-/m1/s1. The van der Waals surface area contributed by atoms with Gasteiger partial charge in [-0.3, -0.25) is 9.59 Å². The first-order valence-corrected chi connectivity index (χ1v) is 21.3. The Balaban J connectivity index is 0.998. The molecule has 4 heteroatoms. The van der Waals surface area contributed by atoms with Crippen molar-refractivity contribution in [3.8, 4) is 0 Å². The van der Waals surface area contributed by atoms with E-state index in [1.807, 2.05) is 123 Å². The number of carbonyl (C=O) groups is 2. The van der Waals surface area contributed by atoms with Crippen molar-refractivity contribution in [3.05, 3.63) is 240 Å². The van der Waals surface area contributed by atoms with Crippen molar-refractivity contribution in [2.75, 3.05) is 0 Å². The van der Waals surface area contributed by atoms with Crippen LogP contribution < -0.4 is 0 Å². The molecule has 0 heterocycles. The van der Waals surface area contributed by atoms with E-state index in [0.717, 1.165) is 87.2 Å². The summed E-state index contributed by atoms with van der Waals surface area (Å²) in [5.74, 6) is -1.92. The lowest BCUT2D eigenvalue weighted by atomic mass is 9.88. The first-order valence-electron chi connectivity index (χ1n) is 21.3. The summed E-state index contributed by atoms with van der Waals surface area (Å²) in [6.45, 7) is 3.81. The van der Waals surface area contributed by atoms with E-state index in [0.29, 0.717) is 0 Å². The topological polar surface area (TPSA) is 52.6 Å². The molecule has 2 atom stereocenters. The molecule has 0 aromatic heterocycles. The number of esters is 2. The van der Waals surface area contributed by atoms with Crippen LogP contribution >= 0.6 is 0 Å². The number of hydrogen-bond donors (Lipinski definition) is 0. The Kier molecular flexibility index (Phi) is 10.3. The van der Waals surface area contributed by atoms with Crippen molar-refractivity contribution >= 4 is 65.8 Å². The number of hydrogen-bond acceptors (Lipinski definition) is 4. The lowest BCUT2D eigenvalue weighted by Gasteiger charge is -2.25. The third kappa shape index (κ3) is 7.04. The van der Waals surface area contributed by atoms with Crippen molar-refractivity contribution in [3.63, 3.8) is 0 Å². The SMILES string of the molecule is C[C@@H](C(=O)OC(c1cccc2ccccc12)c1cccc2ccccc12)c1ccc([C@@H](C)C(=O)OC(c2cccc3ccccc23)c2cccc3ccccc23)c2ccccc12. The summed E-state index contributed by atoms with van der Waals surface area (Å²) in [7, 11) is 0. The van der Waals surface area contributed by atoms with Crippen LogP contribution in [0.3, 0.4) is 0 Å². The van der Waals surface area contributed by atoms with Crippen molar-refractivity contribution in [2.45, 2.75) is 37.9 Å². The minimum absolute atomic E-state index is 0.339. The molecule has 0 saturated carbocycles. The Bertz CT molecular complexity index is 2910. The third-order valence-electron chi connectivity index (χ3n) is 12.5. The Morgan fingerprint density at radius 1 is 0.290 bits per heavy atom. The molecule has 10 aromatic rings. The Labute approximate surface area is 361 Å². The van der Waals surface area contributed by atoms with Crippen LogP contribution in [0, 0.1) is 0 Å². The zero-order valence-corrected chi connectivity index (χ0v) is 34.6. The molecule has 10 rings (SSSR count). The van der Waals surface area contributed by atoms with Gasteiger partial charge in [-0.2, -0.15) is 0 Å². The smallest absolute Gasteiger partial charge is 0.314 e. The van der Waals surface area contributed by atoms with E-state index in [4.69, 9.17) is 9.47 Å². The van der Waals surface area contributed by atoms with Crippen LogP contribution in [0.25, 0.3) is 53.9 Å². The summed E-state index contributed by atoms with van der Waals surface area (Å²) in [6.07, 6.45) is -1.31. The van der Waals surface area contributed by atoms with Crippen molar-refractivity contribution in [1.82, 2.24) is 0 Å². The average Bonchev–Trinajstić information content (AvgIpc) is 3.33. The summed E-state index contributed by atoms with van der Waals surface area (Å²) in [4.78, 5) is 29.2. The predicted molar refractivity (Wildman–Crippen MR) is 252 cm³/mol. The molecule has 0 amide bonds. The summed E-state index contributed by atoms with van der Waals surface area (Å²) in [6, 6.07) is 69.5. The van der Waals surface area contributed by atoms with Gasteiger partial charge in [0.25, 0.3) is 0 Å². The first-order chi connectivity index (χ1) is 30.4. The third-order valence-corrected chi connectivity index (χ3v) is 12.5. The summed E-state index contributed by atoms with van der Waals surface area (Å²) in [5.41, 5.74) is 5.37. The molecule has 0 aliphatic carbocycles. The van der Waals surface area contributed by atoms with Gasteiger partial charge in [0.1, 0.15) is 0 Å². The molecule has 0 bridgehead atoms. The number of rotatable bonds is 10. The van der Waals surface area contributed by atoms with Gasteiger partial charge in [0.15, 0.2) is 12.2 Å². The molecular formula is C58H44O4. The Morgan fingerprint density at radius 2 is 0.532 bits per heavy atom. The van der Waals surface area contributed by atoms with Crippen molar-refractivity contribution in [2.24, 2.45) is 0 Å². The molecule has 0 N–H and O–H groups in total. The van der Waals surface area contributed by atoms with Crippen LogP contribution in [0.2, 0.25) is 0 Å². The molecule has 10 aromatic carbocycles. The first kappa shape index (κ1) is 38.6. The average molecular weight is 805 g/mol. The van der Waals surface area contributed by atoms with Gasteiger partial charge in [-0.1, -0.05) is 206 Å². The quantitative estimate of drug-likeness (QED) is 0.129. The van der Waals surface area contributed by atoms with Crippen LogP contribution in [-0.4, -0.2) is 11.9 Å². The zero-order valence-electron chi connectivity index (χ0n) is 34.6. The van der Waals surface area contributed by atoms with Gasteiger partial charge < -0.3 is 9.47 Å². The van der Waals surface area contributed by atoms with Gasteiger partial charge in [0.2, 0.25) is 0 Å². The number of carbonyl (C=O) groups excluding carboxylic acids is 2. The molecule has 0 saturated heterocycles. The van der Waals surface area contributed by atoms with Crippen LogP contribution in [0.1, 0.15) is 71.3 Å². The van der Waals surface area contributed by atoms with E-state index in [1.54, 1.807) is 0 Å². The van der Waals surface area contributed by atoms with E-state index < -0.39 is 24.0 Å². The van der Waals surface area contributed by atoms with Crippen LogP contribution in [0.15, 0.2) is 206 Å². The molecule has 0 unspecified atom stereocenters. The van der Waals surface area contributed by atoms with Gasteiger partial charge >= 0.3 is 11.9 Å². The highest BCUT2D eigenvalue weighted by Crippen LogP contribution is 2.41. The van der Waals surface area contributed by atoms with Crippen LogP contribution in [0.4, 0.5) is 0 Å². The highest BCUT2D eigenvalue weighted by Gasteiger charge is 2.30. The highest BCUT2D eigenvalue weighted by molar-refractivity contribution is 5.97. The maximum absolute atomic E-state index is 14.6. The van der Waals surface area contributed by atoms with Crippen LogP contribution in [0.5, 0.6) is 0 Å². The fourth-order valence-corrected chi connectivity index (χ4v) is 9.30. The van der Waals surface area contributed by atoms with E-state index in [-0.39, 0.29) is 11.9 Å². The van der Waals surface area contributed by atoms with Crippen molar-refractivity contribution in [1.29, 1.82) is 0 Å². The van der Waals surface area contributed by atoms with Gasteiger partial charge in [-0.15, -0.1) is 0 Å². The van der Waals surface area contributed by atoms with Gasteiger partial charge in [0, 0.05) is 22.3 Å². The molecule has 0 radical (unpaired) electrons. The second-order valence-electron chi connectivity index (χ2n) is 16.1. The fraction of sp³-hybridized carbons (Fsp3) is 0.103. The largest absolute Gasteiger partial charge is 0.452 e. The van der Waals surface area contributed by atoms with Crippen LogP contribution in [-0.2, 0) is 19.1 Å². The summed E-state index contributed by atoms with van der Waals surface area (Å²) < 4.78 is 13.4. The van der Waals surface area contributed by atoms with Crippen molar-refractivity contribution < 1.29 is 19.1 Å². The summed E-state index contributed by atoms with van der Waals surface area (Å²) >= 11 is 0. The monoisotopic (exact) mass is 804 g/mol. The maximum Gasteiger partial charge on any atom is 0.314 e. The van der Waals surface area contributed by atoms with E-state index in [1.165, 1.54) is 0 Å². The molecular weight excluding hydrogens is 761 g/mol. The van der Waals surface area contributed by atoms with E-state index >= 15 is 0 Å².